The molecule has 7 nitrogen and oxygen atoms in total. The first kappa shape index (κ1) is 27.7. The van der Waals surface area contributed by atoms with Crippen molar-refractivity contribution in [2.24, 2.45) is 18.9 Å². The average Bonchev–Trinajstić information content (AvgIpc) is 3.53. The number of hydrogen-bond donors (Lipinski definition) is 0. The summed E-state index contributed by atoms with van der Waals surface area (Å²) in [5.74, 6) is 7.82. The van der Waals surface area contributed by atoms with Gasteiger partial charge in [0.15, 0.2) is 0 Å². The normalized spacial score (nSPS) is 13.9. The van der Waals surface area contributed by atoms with E-state index in [1.807, 2.05) is 27.6 Å². The molecule has 1 saturated heterocycles. The first-order chi connectivity index (χ1) is 18.2. The van der Waals surface area contributed by atoms with Crippen molar-refractivity contribution in [3.05, 3.63) is 58.3 Å². The van der Waals surface area contributed by atoms with Crippen LogP contribution in [0, 0.1) is 23.7 Å². The summed E-state index contributed by atoms with van der Waals surface area (Å²) in [7, 11) is 1.74. The van der Waals surface area contributed by atoms with E-state index in [0.717, 1.165) is 61.6 Å². The van der Waals surface area contributed by atoms with E-state index >= 15 is 0 Å². The molecule has 0 N–H and O–H groups in total. The molecule has 1 fully saturated rings. The molecule has 202 valence electrons. The molecule has 0 bridgehead atoms. The summed E-state index contributed by atoms with van der Waals surface area (Å²) in [5, 5.41) is 0. The first-order valence-corrected chi connectivity index (χ1v) is 13.9. The maximum atomic E-state index is 13.7. The molecule has 0 saturated carbocycles. The number of amides is 1. The lowest BCUT2D eigenvalue weighted by Gasteiger charge is -2.24. The van der Waals surface area contributed by atoms with Crippen molar-refractivity contribution >= 4 is 11.6 Å². The van der Waals surface area contributed by atoms with Crippen LogP contribution in [-0.2, 0) is 7.05 Å². The van der Waals surface area contributed by atoms with Crippen molar-refractivity contribution < 1.29 is 4.79 Å². The van der Waals surface area contributed by atoms with Gasteiger partial charge in [0.1, 0.15) is 17.0 Å². The molecule has 0 unspecified atom stereocenters. The molecule has 3 aromatic rings. The minimum atomic E-state index is -0.0741. The third-order valence-corrected chi connectivity index (χ3v) is 7.17. The number of nitrogens with zero attached hydrogens (tertiary/aromatic N) is 5. The lowest BCUT2D eigenvalue weighted by Crippen LogP contribution is -2.34. The maximum absolute atomic E-state index is 13.7. The highest BCUT2D eigenvalue weighted by molar-refractivity contribution is 5.94. The van der Waals surface area contributed by atoms with Crippen molar-refractivity contribution in [3.63, 3.8) is 0 Å². The van der Waals surface area contributed by atoms with Crippen LogP contribution in [0.4, 0.5) is 0 Å². The van der Waals surface area contributed by atoms with E-state index in [4.69, 9.17) is 4.98 Å². The van der Waals surface area contributed by atoms with Gasteiger partial charge in [0, 0.05) is 44.2 Å². The van der Waals surface area contributed by atoms with E-state index in [1.54, 1.807) is 29.9 Å². The highest BCUT2D eigenvalue weighted by atomic mass is 16.2. The zero-order valence-corrected chi connectivity index (χ0v) is 23.5. The monoisotopic (exact) mass is 515 g/mol. The number of fused-ring (bicyclic) bond motifs is 1. The Morgan fingerprint density at radius 2 is 1.68 bits per heavy atom. The summed E-state index contributed by atoms with van der Waals surface area (Å²) in [6.45, 7) is 13.1. The molecule has 38 heavy (non-hydrogen) atoms. The third kappa shape index (κ3) is 6.73. The lowest BCUT2D eigenvalue weighted by molar-refractivity contribution is 0.0740. The second-order valence-corrected chi connectivity index (χ2v) is 11.3. The number of imidazole rings is 1. The van der Waals surface area contributed by atoms with Gasteiger partial charge in [-0.2, -0.15) is 0 Å². The highest BCUT2D eigenvalue weighted by Gasteiger charge is 2.20. The Hall–Kier alpha value is -3.37. The van der Waals surface area contributed by atoms with Crippen LogP contribution >= 0.6 is 0 Å². The molecule has 0 aromatic carbocycles. The minimum Gasteiger partial charge on any atom is -0.339 e. The molecule has 4 heterocycles. The number of aromatic nitrogens is 3. The smallest absolute Gasteiger partial charge is 0.255 e. The molecular formula is C31H41N5O2. The van der Waals surface area contributed by atoms with Crippen LogP contribution < -0.4 is 5.56 Å². The zero-order valence-electron chi connectivity index (χ0n) is 23.5. The number of pyridine rings is 2. The van der Waals surface area contributed by atoms with Crippen molar-refractivity contribution in [2.75, 3.05) is 32.7 Å². The first-order valence-electron chi connectivity index (χ1n) is 13.9. The molecule has 1 aliphatic heterocycles. The van der Waals surface area contributed by atoms with Crippen LogP contribution in [0.5, 0.6) is 0 Å². The van der Waals surface area contributed by atoms with Crippen molar-refractivity contribution in [1.29, 1.82) is 0 Å². The second-order valence-electron chi connectivity index (χ2n) is 11.3. The van der Waals surface area contributed by atoms with Crippen molar-refractivity contribution in [2.45, 2.75) is 53.4 Å². The molecule has 7 heteroatoms. The van der Waals surface area contributed by atoms with Crippen LogP contribution in [0.3, 0.4) is 0 Å². The van der Waals surface area contributed by atoms with E-state index in [2.05, 4.69) is 44.4 Å². The number of carbonyl (C=O) groups excluding carboxylic acids is 1. The number of rotatable bonds is 9. The molecule has 1 amide bonds. The Bertz CT molecular complexity index is 1370. The van der Waals surface area contributed by atoms with Crippen LogP contribution in [-0.4, -0.2) is 62.4 Å². The van der Waals surface area contributed by atoms with E-state index < -0.39 is 0 Å². The summed E-state index contributed by atoms with van der Waals surface area (Å²) in [6, 6.07) is 7.11. The molecular weight excluding hydrogens is 474 g/mol. The van der Waals surface area contributed by atoms with Gasteiger partial charge in [-0.25, -0.2) is 4.98 Å². The van der Waals surface area contributed by atoms with Gasteiger partial charge in [-0.15, -0.1) is 0 Å². The number of aryl methyl sites for hydroxylation is 1. The average molecular weight is 516 g/mol. The topological polar surface area (TPSA) is 62.9 Å². The molecule has 0 spiro atoms. The van der Waals surface area contributed by atoms with Gasteiger partial charge in [0.25, 0.3) is 5.91 Å². The van der Waals surface area contributed by atoms with E-state index in [1.165, 1.54) is 12.8 Å². The summed E-state index contributed by atoms with van der Waals surface area (Å²) in [6.07, 6.45) is 8.06. The van der Waals surface area contributed by atoms with Gasteiger partial charge < -0.3 is 9.47 Å². The van der Waals surface area contributed by atoms with Crippen LogP contribution in [0.2, 0.25) is 0 Å². The van der Waals surface area contributed by atoms with E-state index in [0.29, 0.717) is 23.9 Å². The second kappa shape index (κ2) is 12.4. The Balaban J connectivity index is 1.74. The minimum absolute atomic E-state index is 0.0431. The van der Waals surface area contributed by atoms with Crippen molar-refractivity contribution in [1.82, 2.24) is 23.8 Å². The summed E-state index contributed by atoms with van der Waals surface area (Å²) >= 11 is 0. The molecule has 0 atom stereocenters. The molecule has 0 radical (unpaired) electrons. The number of carbonyl (C=O) groups is 1. The Morgan fingerprint density at radius 1 is 1.00 bits per heavy atom. The van der Waals surface area contributed by atoms with Gasteiger partial charge in [-0.3, -0.25) is 18.9 Å². The van der Waals surface area contributed by atoms with Gasteiger partial charge in [0.2, 0.25) is 5.56 Å². The van der Waals surface area contributed by atoms with E-state index in [9.17, 15) is 9.59 Å². The Morgan fingerprint density at radius 3 is 2.32 bits per heavy atom. The van der Waals surface area contributed by atoms with E-state index in [-0.39, 0.29) is 11.5 Å². The van der Waals surface area contributed by atoms with Gasteiger partial charge >= 0.3 is 0 Å². The Kier molecular flexibility index (Phi) is 9.06. The maximum Gasteiger partial charge on any atom is 0.255 e. The van der Waals surface area contributed by atoms with Crippen LogP contribution in [0.25, 0.3) is 16.9 Å². The molecule has 3 aromatic heterocycles. The standard InChI is InChI=1S/C31H41N5O2/c1-23(2)14-19-35(20-15-24(3)4)31(38)26-10-12-28-32-30(25-11-13-29(37)33(5)21-25)27(36(28)22-26)9-8-18-34-16-6-7-17-34/h10-13,21-24H,6-7,14-20H2,1-5H3. The molecule has 4 rings (SSSR count). The Labute approximate surface area is 226 Å². The predicted molar refractivity (Wildman–Crippen MR) is 153 cm³/mol. The van der Waals surface area contributed by atoms with Crippen LogP contribution in [0.1, 0.15) is 69.4 Å². The SMILES string of the molecule is CC(C)CCN(CCC(C)C)C(=O)c1ccc2nc(-c3ccc(=O)n(C)c3)c(C#CCN3CCCC3)n2c1. The molecule has 0 aliphatic carbocycles. The third-order valence-electron chi connectivity index (χ3n) is 7.17. The number of likely N-dealkylation sites (tertiary alicyclic amines) is 1. The zero-order chi connectivity index (χ0) is 27.2. The fourth-order valence-electron chi connectivity index (χ4n) is 4.73. The predicted octanol–water partition coefficient (Wildman–Crippen LogP) is 4.68. The summed E-state index contributed by atoms with van der Waals surface area (Å²) in [4.78, 5) is 34.9. The molecule has 1 aliphatic rings. The quantitative estimate of drug-likeness (QED) is 0.388. The fraction of sp³-hybridized carbons (Fsp3) is 0.516. The van der Waals surface area contributed by atoms with Crippen LogP contribution in [0.15, 0.2) is 41.5 Å². The lowest BCUT2D eigenvalue weighted by atomic mass is 10.1. The fourth-order valence-corrected chi connectivity index (χ4v) is 4.73. The number of hydrogen-bond acceptors (Lipinski definition) is 4. The van der Waals surface area contributed by atoms with Gasteiger partial charge in [-0.1, -0.05) is 33.6 Å². The van der Waals surface area contributed by atoms with Gasteiger partial charge in [0.05, 0.1) is 12.1 Å². The summed E-state index contributed by atoms with van der Waals surface area (Å²) < 4.78 is 3.49. The van der Waals surface area contributed by atoms with Crippen molar-refractivity contribution in [3.8, 4) is 23.1 Å². The summed E-state index contributed by atoms with van der Waals surface area (Å²) in [5.41, 5.74) is 3.57. The largest absolute Gasteiger partial charge is 0.339 e. The van der Waals surface area contributed by atoms with Gasteiger partial charge in [-0.05, 0) is 74.7 Å². The highest BCUT2D eigenvalue weighted by Crippen LogP contribution is 2.24.